The topological polar surface area (TPSA) is 104 Å². The van der Waals surface area contributed by atoms with Crippen LogP contribution in [0.4, 0.5) is 5.69 Å². The van der Waals surface area contributed by atoms with Crippen LogP contribution in [0.1, 0.15) is 48.7 Å². The molecule has 184 valence electrons. The second-order valence-corrected chi connectivity index (χ2v) is 10.1. The van der Waals surface area contributed by atoms with Crippen LogP contribution < -0.4 is 9.62 Å². The number of amides is 2. The summed E-state index contributed by atoms with van der Waals surface area (Å²) >= 11 is 0. The first-order chi connectivity index (χ1) is 16.0. The molecule has 1 N–H and O–H groups in total. The lowest BCUT2D eigenvalue weighted by molar-refractivity contribution is -0.140. The number of rotatable bonds is 11. The summed E-state index contributed by atoms with van der Waals surface area (Å²) in [5.74, 6) is -1.03. The van der Waals surface area contributed by atoms with Gasteiger partial charge in [-0.1, -0.05) is 48.9 Å². The molecule has 2 rings (SSSR count). The molecule has 1 atom stereocenters. The van der Waals surface area contributed by atoms with Crippen LogP contribution >= 0.6 is 0 Å². The van der Waals surface area contributed by atoms with Crippen molar-refractivity contribution in [1.29, 1.82) is 0 Å². The highest BCUT2D eigenvalue weighted by Gasteiger charge is 2.31. The van der Waals surface area contributed by atoms with Crippen molar-refractivity contribution >= 4 is 33.3 Å². The number of Topliss-reactive ketones (excluding diaryl/α,β-unsaturated/α-hetero) is 1. The molecule has 0 aliphatic carbocycles. The lowest BCUT2D eigenvalue weighted by Crippen LogP contribution is -2.52. The van der Waals surface area contributed by atoms with E-state index < -0.39 is 28.5 Å². The van der Waals surface area contributed by atoms with Crippen molar-refractivity contribution in [2.24, 2.45) is 0 Å². The lowest BCUT2D eigenvalue weighted by atomic mass is 10.1. The number of hydrogen-bond donors (Lipinski definition) is 1. The smallest absolute Gasteiger partial charge is 0.244 e. The third kappa shape index (κ3) is 7.15. The Bertz CT molecular complexity index is 1130. The number of nitrogens with zero attached hydrogens (tertiary/aromatic N) is 2. The minimum Gasteiger partial charge on any atom is -0.355 e. The number of hydrogen-bond acceptors (Lipinski definition) is 5. The van der Waals surface area contributed by atoms with Crippen molar-refractivity contribution in [2.45, 2.75) is 46.7 Å². The Hall–Kier alpha value is -3.20. The first-order valence-corrected chi connectivity index (χ1v) is 13.0. The van der Waals surface area contributed by atoms with E-state index >= 15 is 0 Å². The third-order valence-corrected chi connectivity index (χ3v) is 6.57. The van der Waals surface area contributed by atoms with Gasteiger partial charge in [-0.15, -0.1) is 0 Å². The summed E-state index contributed by atoms with van der Waals surface area (Å²) in [6.07, 6.45) is 1.37. The summed E-state index contributed by atoms with van der Waals surface area (Å²) in [5.41, 5.74) is 2.44. The molecule has 2 amide bonds. The van der Waals surface area contributed by atoms with Crippen LogP contribution in [0, 0.1) is 6.92 Å². The number of nitrogens with one attached hydrogen (secondary N) is 1. The number of benzene rings is 2. The Balaban J connectivity index is 2.45. The molecule has 0 spiro atoms. The SMILES string of the molecule is CCNC(=O)[C@@H](CC)N(Cc1ccc(C)cc1)C(=O)CN(c1cccc(C(C)=O)c1)S(C)(=O)=O. The Kier molecular flexibility index (Phi) is 9.37. The van der Waals surface area contributed by atoms with Crippen LogP contribution in [-0.2, 0) is 26.2 Å². The largest absolute Gasteiger partial charge is 0.355 e. The van der Waals surface area contributed by atoms with Gasteiger partial charge in [0.2, 0.25) is 21.8 Å². The zero-order valence-electron chi connectivity index (χ0n) is 20.4. The fourth-order valence-corrected chi connectivity index (χ4v) is 4.44. The van der Waals surface area contributed by atoms with E-state index in [2.05, 4.69) is 5.32 Å². The molecule has 9 heteroatoms. The Morgan fingerprint density at radius 1 is 1.03 bits per heavy atom. The maximum Gasteiger partial charge on any atom is 0.244 e. The molecule has 0 aliphatic heterocycles. The van der Waals surface area contributed by atoms with Crippen molar-refractivity contribution in [3.8, 4) is 0 Å². The summed E-state index contributed by atoms with van der Waals surface area (Å²) < 4.78 is 26.2. The second-order valence-electron chi connectivity index (χ2n) is 8.20. The van der Waals surface area contributed by atoms with E-state index in [1.54, 1.807) is 26.0 Å². The predicted molar refractivity (Wildman–Crippen MR) is 133 cm³/mol. The van der Waals surface area contributed by atoms with Gasteiger partial charge in [0.1, 0.15) is 12.6 Å². The molecule has 0 bridgehead atoms. The Morgan fingerprint density at radius 2 is 1.68 bits per heavy atom. The highest BCUT2D eigenvalue weighted by molar-refractivity contribution is 7.92. The van der Waals surface area contributed by atoms with E-state index in [1.807, 2.05) is 31.2 Å². The van der Waals surface area contributed by atoms with Gasteiger partial charge in [-0.25, -0.2) is 8.42 Å². The molecule has 0 saturated heterocycles. The van der Waals surface area contributed by atoms with Crippen LogP contribution in [0.15, 0.2) is 48.5 Å². The molecule has 0 radical (unpaired) electrons. The number of aryl methyl sites for hydroxylation is 1. The van der Waals surface area contributed by atoms with E-state index in [-0.39, 0.29) is 23.9 Å². The van der Waals surface area contributed by atoms with Crippen LogP contribution in [0.25, 0.3) is 0 Å². The third-order valence-electron chi connectivity index (χ3n) is 5.43. The van der Waals surface area contributed by atoms with Gasteiger partial charge >= 0.3 is 0 Å². The molecule has 8 nitrogen and oxygen atoms in total. The molecule has 0 heterocycles. The first kappa shape index (κ1) is 27.0. The fourth-order valence-electron chi connectivity index (χ4n) is 3.60. The molecule has 34 heavy (non-hydrogen) atoms. The molecule has 0 aliphatic rings. The highest BCUT2D eigenvalue weighted by atomic mass is 32.2. The van der Waals surface area contributed by atoms with Gasteiger partial charge in [-0.05, 0) is 44.9 Å². The monoisotopic (exact) mass is 487 g/mol. The van der Waals surface area contributed by atoms with Gasteiger partial charge in [0.25, 0.3) is 0 Å². The van der Waals surface area contributed by atoms with Crippen molar-refractivity contribution < 1.29 is 22.8 Å². The number of ketones is 1. The van der Waals surface area contributed by atoms with Crippen molar-refractivity contribution in [2.75, 3.05) is 23.7 Å². The summed E-state index contributed by atoms with van der Waals surface area (Å²) in [6, 6.07) is 13.0. The fraction of sp³-hybridized carbons (Fsp3) is 0.400. The van der Waals surface area contributed by atoms with Crippen LogP contribution in [-0.4, -0.2) is 56.3 Å². The van der Waals surface area contributed by atoms with E-state index in [0.29, 0.717) is 18.5 Å². The van der Waals surface area contributed by atoms with Gasteiger partial charge in [-0.2, -0.15) is 0 Å². The Labute approximate surface area is 202 Å². The molecule has 0 aromatic heterocycles. The van der Waals surface area contributed by atoms with Gasteiger partial charge in [0.05, 0.1) is 11.9 Å². The summed E-state index contributed by atoms with van der Waals surface area (Å²) in [5, 5.41) is 2.76. The predicted octanol–water partition coefficient (Wildman–Crippen LogP) is 2.91. The van der Waals surface area contributed by atoms with Crippen molar-refractivity contribution in [3.05, 3.63) is 65.2 Å². The van der Waals surface area contributed by atoms with E-state index in [9.17, 15) is 22.8 Å². The van der Waals surface area contributed by atoms with Crippen LogP contribution in [0.3, 0.4) is 0 Å². The number of likely N-dealkylation sites (N-methyl/N-ethyl adjacent to an activating group) is 1. The average Bonchev–Trinajstić information content (AvgIpc) is 2.78. The minimum absolute atomic E-state index is 0.153. The molecule has 2 aromatic rings. The van der Waals surface area contributed by atoms with E-state index in [1.165, 1.54) is 24.0 Å². The maximum atomic E-state index is 13.5. The standard InChI is InChI=1S/C25H33N3O5S/c1-6-23(25(31)26-7-2)27(16-20-13-11-18(3)12-14-20)24(30)17-28(34(5,32)33)22-10-8-9-21(15-22)19(4)29/h8-15,23H,6-7,16-17H2,1-5H3,(H,26,31)/t23-/m1/s1. The number of anilines is 1. The van der Waals surface area contributed by atoms with Gasteiger partial charge in [-0.3, -0.25) is 18.7 Å². The zero-order chi connectivity index (χ0) is 25.5. The first-order valence-electron chi connectivity index (χ1n) is 11.2. The summed E-state index contributed by atoms with van der Waals surface area (Å²) in [4.78, 5) is 39.5. The van der Waals surface area contributed by atoms with Gasteiger partial charge in [0, 0.05) is 18.7 Å². The average molecular weight is 488 g/mol. The van der Waals surface area contributed by atoms with Gasteiger partial charge in [0.15, 0.2) is 5.78 Å². The molecule has 2 aromatic carbocycles. The molecule has 0 saturated carbocycles. The molecule has 0 unspecified atom stereocenters. The number of sulfonamides is 1. The van der Waals surface area contributed by atoms with E-state index in [4.69, 9.17) is 0 Å². The molecule has 0 fully saturated rings. The van der Waals surface area contributed by atoms with Crippen molar-refractivity contribution in [1.82, 2.24) is 10.2 Å². The Morgan fingerprint density at radius 3 is 2.21 bits per heavy atom. The number of carbonyl (C=O) groups is 3. The second kappa shape index (κ2) is 11.8. The highest BCUT2D eigenvalue weighted by Crippen LogP contribution is 2.21. The minimum atomic E-state index is -3.86. The van der Waals surface area contributed by atoms with Crippen molar-refractivity contribution in [3.63, 3.8) is 0 Å². The summed E-state index contributed by atoms with van der Waals surface area (Å²) in [7, 11) is -3.86. The molecular formula is C25H33N3O5S. The zero-order valence-corrected chi connectivity index (χ0v) is 21.2. The maximum absolute atomic E-state index is 13.5. The van der Waals surface area contributed by atoms with Gasteiger partial charge < -0.3 is 10.2 Å². The van der Waals surface area contributed by atoms with E-state index in [0.717, 1.165) is 21.7 Å². The quantitative estimate of drug-likeness (QED) is 0.491. The van der Waals surface area contributed by atoms with Crippen LogP contribution in [0.5, 0.6) is 0 Å². The molecular weight excluding hydrogens is 454 g/mol. The normalized spacial score (nSPS) is 12.0. The summed E-state index contributed by atoms with van der Waals surface area (Å²) in [6.45, 7) is 7.01. The number of carbonyl (C=O) groups excluding carboxylic acids is 3. The lowest BCUT2D eigenvalue weighted by Gasteiger charge is -2.32. The van der Waals surface area contributed by atoms with Crippen LogP contribution in [0.2, 0.25) is 0 Å².